The van der Waals surface area contributed by atoms with Crippen LogP contribution in [0.1, 0.15) is 19.8 Å². The lowest BCUT2D eigenvalue weighted by atomic mass is 10.2. The van der Waals surface area contributed by atoms with Crippen LogP contribution in [-0.2, 0) is 14.4 Å². The third kappa shape index (κ3) is 6.28. The van der Waals surface area contributed by atoms with Gasteiger partial charge in [0.2, 0.25) is 5.91 Å². The molecule has 0 aromatic carbocycles. The van der Waals surface area contributed by atoms with E-state index in [9.17, 15) is 19.7 Å². The van der Waals surface area contributed by atoms with Gasteiger partial charge in [-0.25, -0.2) is 4.79 Å². The van der Waals surface area contributed by atoms with Crippen LogP contribution in [0.4, 0.5) is 0 Å². The molecule has 0 rings (SSSR count). The SMILES string of the molecule is CC(=O)N(CCCCO[N+](=O)[O-])[C@@H](CS)C(=O)O. The maximum atomic E-state index is 11.3. The highest BCUT2D eigenvalue weighted by Crippen LogP contribution is 2.06. The topological polar surface area (TPSA) is 110 Å². The Bertz CT molecular complexity index is 311. The molecule has 9 heteroatoms. The van der Waals surface area contributed by atoms with Crippen LogP contribution in [0.25, 0.3) is 0 Å². The Hall–Kier alpha value is -1.51. The minimum absolute atomic E-state index is 0.0142. The van der Waals surface area contributed by atoms with E-state index >= 15 is 0 Å². The van der Waals surface area contributed by atoms with Crippen molar-refractivity contribution in [1.29, 1.82) is 0 Å². The predicted molar refractivity (Wildman–Crippen MR) is 64.8 cm³/mol. The zero-order valence-electron chi connectivity index (χ0n) is 9.94. The molecule has 8 nitrogen and oxygen atoms in total. The fourth-order valence-electron chi connectivity index (χ4n) is 1.37. The van der Waals surface area contributed by atoms with Gasteiger partial charge in [-0.15, -0.1) is 10.1 Å². The molecule has 0 radical (unpaired) electrons. The Balaban J connectivity index is 4.16. The van der Waals surface area contributed by atoms with Gasteiger partial charge in [0.15, 0.2) is 0 Å². The van der Waals surface area contributed by atoms with Gasteiger partial charge in [-0.05, 0) is 12.8 Å². The van der Waals surface area contributed by atoms with Crippen LogP contribution in [0, 0.1) is 10.1 Å². The maximum Gasteiger partial charge on any atom is 0.327 e. The lowest BCUT2D eigenvalue weighted by Gasteiger charge is -2.26. The predicted octanol–water partition coefficient (Wildman–Crippen LogP) is 0.206. The summed E-state index contributed by atoms with van der Waals surface area (Å²) in [5.74, 6) is -1.48. The number of hydrogen-bond donors (Lipinski definition) is 2. The summed E-state index contributed by atoms with van der Waals surface area (Å²) in [6, 6.07) is -0.984. The van der Waals surface area contributed by atoms with Crippen molar-refractivity contribution in [2.24, 2.45) is 0 Å². The zero-order valence-corrected chi connectivity index (χ0v) is 10.8. The normalized spacial score (nSPS) is 11.7. The van der Waals surface area contributed by atoms with Crippen LogP contribution in [0.5, 0.6) is 0 Å². The van der Waals surface area contributed by atoms with Crippen LogP contribution < -0.4 is 0 Å². The molecule has 0 aromatic heterocycles. The first-order chi connectivity index (χ1) is 8.40. The number of nitrogens with zero attached hydrogens (tertiary/aromatic N) is 2. The number of carboxylic acids is 1. The van der Waals surface area contributed by atoms with Gasteiger partial charge in [0, 0.05) is 19.2 Å². The summed E-state index contributed by atoms with van der Waals surface area (Å²) < 4.78 is 0. The largest absolute Gasteiger partial charge is 0.480 e. The summed E-state index contributed by atoms with van der Waals surface area (Å²) in [6.45, 7) is 1.40. The van der Waals surface area contributed by atoms with Gasteiger partial charge >= 0.3 is 5.97 Å². The number of rotatable bonds is 9. The lowest BCUT2D eigenvalue weighted by molar-refractivity contribution is -0.757. The van der Waals surface area contributed by atoms with E-state index in [1.54, 1.807) is 0 Å². The molecule has 1 N–H and O–H groups in total. The van der Waals surface area contributed by atoms with Gasteiger partial charge in [-0.2, -0.15) is 12.6 Å². The summed E-state index contributed by atoms with van der Waals surface area (Å²) in [5, 5.41) is 17.9. The van der Waals surface area contributed by atoms with E-state index in [-0.39, 0.29) is 24.8 Å². The Morgan fingerprint density at radius 3 is 2.50 bits per heavy atom. The van der Waals surface area contributed by atoms with E-state index < -0.39 is 17.1 Å². The molecule has 18 heavy (non-hydrogen) atoms. The van der Waals surface area contributed by atoms with Crippen molar-refractivity contribution in [1.82, 2.24) is 4.90 Å². The summed E-state index contributed by atoms with van der Waals surface area (Å²) in [5.41, 5.74) is 0. The Morgan fingerprint density at radius 2 is 2.11 bits per heavy atom. The second-order valence-corrected chi connectivity index (χ2v) is 3.88. The average Bonchev–Trinajstić information content (AvgIpc) is 2.25. The number of carboxylic acid groups (broad SMARTS) is 1. The highest BCUT2D eigenvalue weighted by molar-refractivity contribution is 7.80. The standard InChI is InChI=1S/C9H16N2O6S/c1-7(12)10(8(6-18)9(13)14)4-2-3-5-17-11(15)16/h8,18H,2-6H2,1H3,(H,13,14)/t8-/m0/s1. The van der Waals surface area contributed by atoms with E-state index in [0.29, 0.717) is 12.8 Å². The zero-order chi connectivity index (χ0) is 14.1. The van der Waals surface area contributed by atoms with Gasteiger partial charge in [0.1, 0.15) is 6.04 Å². The van der Waals surface area contributed by atoms with Crippen molar-refractivity contribution in [2.75, 3.05) is 18.9 Å². The number of thiol groups is 1. The van der Waals surface area contributed by atoms with Crippen LogP contribution in [0.3, 0.4) is 0 Å². The molecule has 0 aliphatic rings. The molecule has 1 amide bonds. The van der Waals surface area contributed by atoms with Crippen molar-refractivity contribution < 1.29 is 24.6 Å². The van der Waals surface area contributed by atoms with E-state index in [2.05, 4.69) is 17.5 Å². The third-order valence-corrected chi connectivity index (χ3v) is 2.57. The number of carbonyl (C=O) groups is 2. The smallest absolute Gasteiger partial charge is 0.327 e. The molecule has 0 unspecified atom stereocenters. The second kappa shape index (κ2) is 8.56. The maximum absolute atomic E-state index is 11.3. The quantitative estimate of drug-likeness (QED) is 0.270. The molecule has 0 fully saturated rings. The van der Waals surface area contributed by atoms with Crippen molar-refractivity contribution in [2.45, 2.75) is 25.8 Å². The van der Waals surface area contributed by atoms with E-state index in [1.165, 1.54) is 11.8 Å². The molecular weight excluding hydrogens is 264 g/mol. The fourth-order valence-corrected chi connectivity index (χ4v) is 1.72. The molecule has 0 heterocycles. The molecular formula is C9H16N2O6S. The molecule has 0 aliphatic heterocycles. The summed E-state index contributed by atoms with van der Waals surface area (Å²) in [7, 11) is 0. The Morgan fingerprint density at radius 1 is 1.50 bits per heavy atom. The monoisotopic (exact) mass is 280 g/mol. The van der Waals surface area contributed by atoms with Gasteiger partial charge < -0.3 is 14.8 Å². The van der Waals surface area contributed by atoms with Gasteiger partial charge in [0.05, 0.1) is 6.61 Å². The van der Waals surface area contributed by atoms with Gasteiger partial charge in [-0.3, -0.25) is 4.79 Å². The first-order valence-electron chi connectivity index (χ1n) is 5.28. The lowest BCUT2D eigenvalue weighted by Crippen LogP contribution is -2.45. The number of aliphatic carboxylic acids is 1. The van der Waals surface area contributed by atoms with Gasteiger partial charge in [-0.1, -0.05) is 0 Å². The minimum Gasteiger partial charge on any atom is -0.480 e. The van der Waals surface area contributed by atoms with E-state index in [0.717, 1.165) is 0 Å². The third-order valence-electron chi connectivity index (χ3n) is 2.23. The Labute approximate surface area is 109 Å². The van der Waals surface area contributed by atoms with Crippen LogP contribution in [0.15, 0.2) is 0 Å². The average molecular weight is 280 g/mol. The number of hydrogen-bond acceptors (Lipinski definition) is 6. The van der Waals surface area contributed by atoms with Crippen molar-refractivity contribution >= 4 is 24.5 Å². The fraction of sp³-hybridized carbons (Fsp3) is 0.778. The molecule has 0 spiro atoms. The van der Waals surface area contributed by atoms with Crippen molar-refractivity contribution in [3.63, 3.8) is 0 Å². The summed E-state index contributed by atoms with van der Waals surface area (Å²) in [6.07, 6.45) is 0.786. The number of amides is 1. The highest BCUT2D eigenvalue weighted by atomic mass is 32.1. The highest BCUT2D eigenvalue weighted by Gasteiger charge is 2.25. The van der Waals surface area contributed by atoms with Crippen molar-refractivity contribution in [3.8, 4) is 0 Å². The molecule has 0 aromatic rings. The second-order valence-electron chi connectivity index (χ2n) is 3.51. The van der Waals surface area contributed by atoms with E-state index in [1.807, 2.05) is 0 Å². The van der Waals surface area contributed by atoms with Crippen molar-refractivity contribution in [3.05, 3.63) is 10.1 Å². The van der Waals surface area contributed by atoms with E-state index in [4.69, 9.17) is 5.11 Å². The molecule has 104 valence electrons. The molecule has 0 bridgehead atoms. The Kier molecular flexibility index (Phi) is 7.84. The summed E-state index contributed by atoms with van der Waals surface area (Å²) >= 11 is 3.89. The van der Waals surface area contributed by atoms with Crippen LogP contribution in [-0.4, -0.2) is 51.9 Å². The molecule has 0 saturated heterocycles. The first-order valence-corrected chi connectivity index (χ1v) is 5.91. The molecule has 0 saturated carbocycles. The first kappa shape index (κ1) is 16.5. The summed E-state index contributed by atoms with van der Waals surface area (Å²) in [4.78, 5) is 37.4. The van der Waals surface area contributed by atoms with Crippen LogP contribution in [0.2, 0.25) is 0 Å². The number of carbonyl (C=O) groups excluding carboxylic acids is 1. The molecule has 1 atom stereocenters. The van der Waals surface area contributed by atoms with Gasteiger partial charge in [0.25, 0.3) is 5.09 Å². The minimum atomic E-state index is -1.12. The number of unbranched alkanes of at least 4 members (excludes halogenated alkanes) is 1. The van der Waals surface area contributed by atoms with Crippen LogP contribution >= 0.6 is 12.6 Å². The molecule has 0 aliphatic carbocycles.